The van der Waals surface area contributed by atoms with Gasteiger partial charge in [-0.25, -0.2) is 0 Å². The first kappa shape index (κ1) is 28.8. The molecule has 1 N–H and O–H groups in total. The lowest BCUT2D eigenvalue weighted by Gasteiger charge is -2.26. The van der Waals surface area contributed by atoms with Crippen molar-refractivity contribution in [2.45, 2.75) is 52.6 Å². The zero-order chi connectivity index (χ0) is 30.3. The molecule has 1 aliphatic rings. The fraction of sp³-hybridized carbons (Fsp3) is 0.300. The van der Waals surface area contributed by atoms with E-state index in [1.165, 1.54) is 31.2 Å². The Hall–Kier alpha value is -4.74. The number of phenols is 1. The summed E-state index contributed by atoms with van der Waals surface area (Å²) in [6, 6.07) is 14.4. The fourth-order valence-electron chi connectivity index (χ4n) is 5.09. The number of nitrogens with zero attached hydrogens (tertiary/aromatic N) is 3. The van der Waals surface area contributed by atoms with Crippen LogP contribution >= 0.6 is 0 Å². The van der Waals surface area contributed by atoms with Crippen molar-refractivity contribution in [1.82, 2.24) is 9.55 Å². The molecule has 0 radical (unpaired) electrons. The summed E-state index contributed by atoms with van der Waals surface area (Å²) >= 11 is 0. The molecule has 5 rings (SSSR count). The number of amides is 1. The number of benzene rings is 3. The molecule has 0 bridgehead atoms. The Morgan fingerprint density at radius 3 is 2.57 bits per heavy atom. The van der Waals surface area contributed by atoms with E-state index in [1.807, 2.05) is 0 Å². The van der Waals surface area contributed by atoms with Crippen LogP contribution in [0.5, 0.6) is 17.5 Å². The fourth-order valence-corrected chi connectivity index (χ4v) is 5.09. The summed E-state index contributed by atoms with van der Waals surface area (Å²) in [6.45, 7) is 6.31. The molecule has 1 aliphatic heterocycles. The monoisotopic (exact) mass is 583 g/mol. The smallest absolute Gasteiger partial charge is 0.471 e. The maximum Gasteiger partial charge on any atom is 0.471 e. The number of hydrogen-bond acceptors (Lipinski definition) is 7. The van der Waals surface area contributed by atoms with E-state index in [0.717, 1.165) is 0 Å². The molecule has 3 aromatic carbocycles. The first-order valence-corrected chi connectivity index (χ1v) is 13.2. The molecule has 0 saturated carbocycles. The molecular weight excluding hydrogens is 555 g/mol. The first-order valence-electron chi connectivity index (χ1n) is 13.2. The third kappa shape index (κ3) is 5.19. The number of carbonyl (C=O) groups is 2. The minimum Gasteiger partial charge on any atom is -0.506 e. The van der Waals surface area contributed by atoms with Crippen LogP contribution in [0, 0.1) is 6.92 Å². The Morgan fingerprint density at radius 1 is 1.14 bits per heavy atom. The number of imidazole rings is 1. The lowest BCUT2D eigenvalue weighted by Crippen LogP contribution is -2.41. The minimum atomic E-state index is -5.15. The number of esters is 1. The zero-order valence-electron chi connectivity index (χ0n) is 23.2. The molecule has 2 atom stereocenters. The number of alkyl halides is 3. The van der Waals surface area contributed by atoms with Crippen molar-refractivity contribution in [3.05, 3.63) is 71.3 Å². The van der Waals surface area contributed by atoms with E-state index in [4.69, 9.17) is 14.2 Å². The highest BCUT2D eigenvalue weighted by atomic mass is 19.4. The molecule has 2 heterocycles. The highest BCUT2D eigenvalue weighted by molar-refractivity contribution is 5.97. The topological polar surface area (TPSA) is 103 Å². The number of phenolic OH excluding ortho intramolecular Hbond substituents is 1. The SMILES string of the molecule is CCOc1nc2c(O)cccc2n1-c1cccc(CN(C(=O)C(F)(F)F)c2ccc3c(c2)OC(C)[C@H]3OC(C)=O)c1C. The first-order chi connectivity index (χ1) is 19.9. The molecule has 220 valence electrons. The van der Waals surface area contributed by atoms with Crippen molar-refractivity contribution in [2.75, 3.05) is 11.5 Å². The number of halogens is 3. The highest BCUT2D eigenvalue weighted by Gasteiger charge is 2.44. The van der Waals surface area contributed by atoms with E-state index >= 15 is 0 Å². The number of para-hydroxylation sites is 1. The Kier molecular flexibility index (Phi) is 7.48. The van der Waals surface area contributed by atoms with Crippen molar-refractivity contribution >= 4 is 28.6 Å². The molecule has 0 saturated heterocycles. The second-order valence-electron chi connectivity index (χ2n) is 9.83. The van der Waals surface area contributed by atoms with Crippen LogP contribution in [0.15, 0.2) is 54.6 Å². The number of aromatic nitrogens is 2. The van der Waals surface area contributed by atoms with Crippen LogP contribution in [0.1, 0.15) is 43.6 Å². The van der Waals surface area contributed by atoms with E-state index in [2.05, 4.69) is 4.98 Å². The normalized spacial score (nSPS) is 16.2. The Labute approximate surface area is 239 Å². The van der Waals surface area contributed by atoms with E-state index in [0.29, 0.717) is 38.3 Å². The number of carbonyl (C=O) groups excluding carboxylic acids is 2. The minimum absolute atomic E-state index is 0.0374. The lowest BCUT2D eigenvalue weighted by molar-refractivity contribution is -0.170. The summed E-state index contributed by atoms with van der Waals surface area (Å²) < 4.78 is 60.0. The molecule has 12 heteroatoms. The van der Waals surface area contributed by atoms with E-state index < -0.39 is 36.8 Å². The van der Waals surface area contributed by atoms with Gasteiger partial charge in [-0.2, -0.15) is 18.2 Å². The summed E-state index contributed by atoms with van der Waals surface area (Å²) in [4.78, 5) is 29.3. The van der Waals surface area contributed by atoms with Crippen LogP contribution in [0.2, 0.25) is 0 Å². The van der Waals surface area contributed by atoms with Gasteiger partial charge in [-0.15, -0.1) is 0 Å². The molecule has 4 aromatic rings. The molecular formula is C30H28F3N3O6. The second kappa shape index (κ2) is 10.9. The van der Waals surface area contributed by atoms with Crippen LogP contribution in [0.3, 0.4) is 0 Å². The third-order valence-electron chi connectivity index (χ3n) is 7.03. The molecule has 1 aromatic heterocycles. The Bertz CT molecular complexity index is 1680. The molecule has 1 unspecified atom stereocenters. The third-order valence-corrected chi connectivity index (χ3v) is 7.03. The van der Waals surface area contributed by atoms with Crippen molar-refractivity contribution in [3.8, 4) is 23.2 Å². The van der Waals surface area contributed by atoms with Gasteiger partial charge in [0.05, 0.1) is 24.4 Å². The zero-order valence-corrected chi connectivity index (χ0v) is 23.2. The summed E-state index contributed by atoms with van der Waals surface area (Å²) in [6.07, 6.45) is -6.44. The molecule has 9 nitrogen and oxygen atoms in total. The Morgan fingerprint density at radius 2 is 1.88 bits per heavy atom. The summed E-state index contributed by atoms with van der Waals surface area (Å²) in [5.74, 6) is -2.40. The summed E-state index contributed by atoms with van der Waals surface area (Å²) in [7, 11) is 0. The van der Waals surface area contributed by atoms with Gasteiger partial charge in [-0.1, -0.05) is 18.2 Å². The average molecular weight is 584 g/mol. The van der Waals surface area contributed by atoms with Gasteiger partial charge in [0, 0.05) is 24.2 Å². The van der Waals surface area contributed by atoms with Crippen molar-refractivity contribution in [2.24, 2.45) is 0 Å². The predicted molar refractivity (Wildman–Crippen MR) is 147 cm³/mol. The number of ether oxygens (including phenoxy) is 3. The van der Waals surface area contributed by atoms with Crippen molar-refractivity contribution < 1.29 is 42.1 Å². The van der Waals surface area contributed by atoms with Gasteiger partial charge in [-0.3, -0.25) is 14.2 Å². The maximum atomic E-state index is 13.8. The number of aromatic hydroxyl groups is 1. The molecule has 0 fully saturated rings. The number of anilines is 1. The van der Waals surface area contributed by atoms with Crippen LogP contribution in [-0.4, -0.2) is 45.4 Å². The molecule has 0 aliphatic carbocycles. The molecule has 1 amide bonds. The average Bonchev–Trinajstić information content (AvgIpc) is 3.44. The van der Waals surface area contributed by atoms with Gasteiger partial charge < -0.3 is 24.2 Å². The van der Waals surface area contributed by atoms with E-state index in [1.54, 1.807) is 55.7 Å². The van der Waals surface area contributed by atoms with Crippen molar-refractivity contribution in [3.63, 3.8) is 0 Å². The van der Waals surface area contributed by atoms with Gasteiger partial charge in [0.1, 0.15) is 23.1 Å². The largest absolute Gasteiger partial charge is 0.506 e. The lowest BCUT2D eigenvalue weighted by atomic mass is 10.0. The molecule has 0 spiro atoms. The van der Waals surface area contributed by atoms with E-state index in [9.17, 15) is 27.9 Å². The molecule has 42 heavy (non-hydrogen) atoms. The van der Waals surface area contributed by atoms with Gasteiger partial charge in [0.15, 0.2) is 6.10 Å². The van der Waals surface area contributed by atoms with Crippen molar-refractivity contribution in [1.29, 1.82) is 0 Å². The quantitative estimate of drug-likeness (QED) is 0.270. The maximum absolute atomic E-state index is 13.8. The van der Waals surface area contributed by atoms with Crippen LogP contribution < -0.4 is 14.4 Å². The van der Waals surface area contributed by atoms with Gasteiger partial charge >= 0.3 is 24.1 Å². The summed E-state index contributed by atoms with van der Waals surface area (Å²) in [5.41, 5.74) is 2.86. The van der Waals surface area contributed by atoms with Crippen LogP contribution in [-0.2, 0) is 20.9 Å². The predicted octanol–water partition coefficient (Wildman–Crippen LogP) is 5.92. The van der Waals surface area contributed by atoms with Crippen LogP contribution in [0.4, 0.5) is 18.9 Å². The second-order valence-corrected chi connectivity index (χ2v) is 9.83. The van der Waals surface area contributed by atoms with Crippen LogP contribution in [0.25, 0.3) is 16.7 Å². The standard InChI is InChI=1S/C30H28F3N3O6/c1-5-40-29-34-26-23(10-7-11-24(26)38)36(29)22-9-6-8-19(16(22)2)15-35(28(39)30(31,32)33)20-12-13-21-25(14-20)41-17(3)27(21)42-18(4)37/h6-14,17,27,38H,5,15H2,1-4H3/t17?,27-/m1/s1. The summed E-state index contributed by atoms with van der Waals surface area (Å²) in [5, 5.41) is 10.4. The van der Waals surface area contributed by atoms with Gasteiger partial charge in [0.2, 0.25) is 0 Å². The number of fused-ring (bicyclic) bond motifs is 2. The van der Waals surface area contributed by atoms with E-state index in [-0.39, 0.29) is 29.8 Å². The van der Waals surface area contributed by atoms with Gasteiger partial charge in [0.25, 0.3) is 0 Å². The Balaban J connectivity index is 1.58. The number of rotatable bonds is 7. The van der Waals surface area contributed by atoms with Gasteiger partial charge in [-0.05, 0) is 62.2 Å². The highest BCUT2D eigenvalue weighted by Crippen LogP contribution is 2.42. The number of hydrogen-bond donors (Lipinski definition) is 1.